The Bertz CT molecular complexity index is 651. The lowest BCUT2D eigenvalue weighted by atomic mass is 10.1. The van der Waals surface area contributed by atoms with Crippen molar-refractivity contribution >= 4 is 11.4 Å². The lowest BCUT2D eigenvalue weighted by Crippen LogP contribution is -2.10. The van der Waals surface area contributed by atoms with Gasteiger partial charge in [0, 0.05) is 17.7 Å². The number of non-ortho nitro benzene ring substituents is 1. The number of hydrazine groups is 1. The van der Waals surface area contributed by atoms with E-state index in [9.17, 15) is 10.1 Å². The number of nitro benzene ring substituents is 1. The van der Waals surface area contributed by atoms with Gasteiger partial charge in [0.15, 0.2) is 0 Å². The van der Waals surface area contributed by atoms with Crippen molar-refractivity contribution < 1.29 is 9.66 Å². The first-order chi connectivity index (χ1) is 9.99. The molecule has 0 aromatic heterocycles. The number of anilines is 1. The smallest absolute Gasteiger partial charge is 0.269 e. The molecule has 2 aromatic rings. The second kappa shape index (κ2) is 6.23. The zero-order valence-corrected chi connectivity index (χ0v) is 11.9. The number of hydrogen-bond acceptors (Lipinski definition) is 5. The third kappa shape index (κ3) is 3.70. The minimum Gasteiger partial charge on any atom is -0.489 e. The maximum atomic E-state index is 10.8. The number of nitrogens with one attached hydrogen (secondary N) is 1. The molecule has 0 atom stereocenters. The lowest BCUT2D eigenvalue weighted by molar-refractivity contribution is -0.384. The number of nitrogen functional groups attached to an aromatic ring is 1. The van der Waals surface area contributed by atoms with E-state index in [1.165, 1.54) is 12.1 Å². The van der Waals surface area contributed by atoms with Crippen LogP contribution < -0.4 is 16.0 Å². The zero-order chi connectivity index (χ0) is 15.4. The molecule has 0 bridgehead atoms. The molecule has 0 amide bonds. The van der Waals surface area contributed by atoms with Gasteiger partial charge >= 0.3 is 0 Å². The van der Waals surface area contributed by atoms with Gasteiger partial charge in [-0.1, -0.05) is 6.07 Å². The molecule has 0 aliphatic heterocycles. The molecule has 0 fully saturated rings. The van der Waals surface area contributed by atoms with Crippen molar-refractivity contribution in [1.29, 1.82) is 0 Å². The van der Waals surface area contributed by atoms with Gasteiger partial charge in [-0.05, 0) is 43.2 Å². The number of aryl methyl sites for hydroxylation is 2. The number of hydrogen-bond donors (Lipinski definition) is 2. The predicted molar refractivity (Wildman–Crippen MR) is 81.2 cm³/mol. The first-order valence-electron chi connectivity index (χ1n) is 6.44. The Kier molecular flexibility index (Phi) is 4.39. The van der Waals surface area contributed by atoms with E-state index in [1.807, 2.05) is 32.0 Å². The molecule has 0 unspecified atom stereocenters. The molecule has 2 aromatic carbocycles. The molecule has 0 spiro atoms. The summed E-state index contributed by atoms with van der Waals surface area (Å²) in [5, 5.41) is 10.8. The van der Waals surface area contributed by atoms with Crippen LogP contribution in [0.3, 0.4) is 0 Å². The number of nitrogens with two attached hydrogens (primary N) is 1. The van der Waals surface area contributed by atoms with Gasteiger partial charge < -0.3 is 10.2 Å². The molecule has 0 heterocycles. The fraction of sp³-hybridized carbons (Fsp3) is 0.200. The van der Waals surface area contributed by atoms with Gasteiger partial charge in [0.05, 0.1) is 10.6 Å². The Balaban J connectivity index is 2.21. The molecule has 0 aliphatic carbocycles. The average molecular weight is 287 g/mol. The Morgan fingerprint density at radius 1 is 1.19 bits per heavy atom. The van der Waals surface area contributed by atoms with Gasteiger partial charge in [0.2, 0.25) is 0 Å². The van der Waals surface area contributed by atoms with Gasteiger partial charge in [0.1, 0.15) is 12.4 Å². The van der Waals surface area contributed by atoms with Crippen molar-refractivity contribution in [1.82, 2.24) is 0 Å². The standard InChI is InChI=1S/C15H17N3O3/c1-10-5-11(2)7-14(6-10)21-9-12-8-13(18(19)20)3-4-15(12)17-16/h3-8,17H,9,16H2,1-2H3. The van der Waals surface area contributed by atoms with Crippen LogP contribution in [0.25, 0.3) is 0 Å². The van der Waals surface area contributed by atoms with E-state index in [0.29, 0.717) is 11.3 Å². The largest absolute Gasteiger partial charge is 0.489 e. The van der Waals surface area contributed by atoms with Crippen molar-refractivity contribution in [3.05, 3.63) is 63.2 Å². The molecule has 0 radical (unpaired) electrons. The van der Waals surface area contributed by atoms with E-state index in [2.05, 4.69) is 5.43 Å². The minimum atomic E-state index is -0.444. The van der Waals surface area contributed by atoms with Crippen LogP contribution >= 0.6 is 0 Å². The summed E-state index contributed by atoms with van der Waals surface area (Å²) in [7, 11) is 0. The molecule has 0 saturated carbocycles. The van der Waals surface area contributed by atoms with Gasteiger partial charge in [-0.25, -0.2) is 0 Å². The summed E-state index contributed by atoms with van der Waals surface area (Å²) in [6.07, 6.45) is 0. The second-order valence-corrected chi connectivity index (χ2v) is 4.85. The van der Waals surface area contributed by atoms with Gasteiger partial charge in [-0.15, -0.1) is 0 Å². The molecule has 6 nitrogen and oxygen atoms in total. The fourth-order valence-corrected chi connectivity index (χ4v) is 2.13. The summed E-state index contributed by atoms with van der Waals surface area (Å²) in [5.74, 6) is 6.14. The number of benzene rings is 2. The molecule has 0 saturated heterocycles. The zero-order valence-electron chi connectivity index (χ0n) is 11.9. The van der Waals surface area contributed by atoms with Crippen LogP contribution in [0.5, 0.6) is 5.75 Å². The average Bonchev–Trinajstić information content (AvgIpc) is 2.43. The van der Waals surface area contributed by atoms with Crippen molar-refractivity contribution in [2.45, 2.75) is 20.5 Å². The molecule has 0 aliphatic rings. The fourth-order valence-electron chi connectivity index (χ4n) is 2.13. The van der Waals surface area contributed by atoms with Crippen molar-refractivity contribution in [3.63, 3.8) is 0 Å². The van der Waals surface area contributed by atoms with Gasteiger partial charge in [0.25, 0.3) is 5.69 Å². The van der Waals surface area contributed by atoms with E-state index < -0.39 is 4.92 Å². The SMILES string of the molecule is Cc1cc(C)cc(OCc2cc([N+](=O)[O-])ccc2NN)c1. The minimum absolute atomic E-state index is 0.00743. The monoisotopic (exact) mass is 287 g/mol. The molecular weight excluding hydrogens is 270 g/mol. The number of nitro groups is 1. The molecule has 2 rings (SSSR count). The summed E-state index contributed by atoms with van der Waals surface area (Å²) in [6, 6.07) is 10.3. The highest BCUT2D eigenvalue weighted by atomic mass is 16.6. The maximum absolute atomic E-state index is 10.8. The van der Waals surface area contributed by atoms with Crippen LogP contribution in [0.1, 0.15) is 16.7 Å². The van der Waals surface area contributed by atoms with Crippen molar-refractivity contribution in [2.75, 3.05) is 5.43 Å². The summed E-state index contributed by atoms with van der Waals surface area (Å²) in [5.41, 5.74) is 5.95. The summed E-state index contributed by atoms with van der Waals surface area (Å²) >= 11 is 0. The molecular formula is C15H17N3O3. The van der Waals surface area contributed by atoms with Gasteiger partial charge in [-0.3, -0.25) is 16.0 Å². The van der Waals surface area contributed by atoms with Crippen LogP contribution in [-0.2, 0) is 6.61 Å². The van der Waals surface area contributed by atoms with E-state index in [-0.39, 0.29) is 12.3 Å². The van der Waals surface area contributed by atoms with Crippen molar-refractivity contribution in [2.24, 2.45) is 5.84 Å². The van der Waals surface area contributed by atoms with Crippen molar-refractivity contribution in [3.8, 4) is 5.75 Å². The van der Waals surface area contributed by atoms with E-state index in [1.54, 1.807) is 6.07 Å². The van der Waals surface area contributed by atoms with Gasteiger partial charge in [-0.2, -0.15) is 0 Å². The first-order valence-corrected chi connectivity index (χ1v) is 6.44. The third-order valence-electron chi connectivity index (χ3n) is 3.04. The summed E-state index contributed by atoms with van der Waals surface area (Å²) in [4.78, 5) is 10.4. The normalized spacial score (nSPS) is 10.2. The van der Waals surface area contributed by atoms with Crippen LogP contribution in [-0.4, -0.2) is 4.92 Å². The third-order valence-corrected chi connectivity index (χ3v) is 3.04. The number of nitrogens with zero attached hydrogens (tertiary/aromatic N) is 1. The molecule has 3 N–H and O–H groups in total. The first kappa shape index (κ1) is 14.8. The Morgan fingerprint density at radius 2 is 1.86 bits per heavy atom. The summed E-state index contributed by atoms with van der Waals surface area (Å²) in [6.45, 7) is 4.17. The highest BCUT2D eigenvalue weighted by molar-refractivity contribution is 5.55. The van der Waals surface area contributed by atoms with Crippen LogP contribution in [0.2, 0.25) is 0 Å². The molecule has 6 heteroatoms. The maximum Gasteiger partial charge on any atom is 0.269 e. The Hall–Kier alpha value is -2.60. The Morgan fingerprint density at radius 3 is 2.43 bits per heavy atom. The lowest BCUT2D eigenvalue weighted by Gasteiger charge is -2.11. The van der Waals surface area contributed by atoms with Crippen LogP contribution in [0, 0.1) is 24.0 Å². The summed E-state index contributed by atoms with van der Waals surface area (Å²) < 4.78 is 5.71. The van der Waals surface area contributed by atoms with E-state index in [4.69, 9.17) is 10.6 Å². The highest BCUT2D eigenvalue weighted by Gasteiger charge is 2.11. The molecule has 21 heavy (non-hydrogen) atoms. The Labute approximate surface area is 122 Å². The van der Waals surface area contributed by atoms with E-state index >= 15 is 0 Å². The highest BCUT2D eigenvalue weighted by Crippen LogP contribution is 2.24. The number of rotatable bonds is 5. The quantitative estimate of drug-likeness (QED) is 0.501. The topological polar surface area (TPSA) is 90.4 Å². The molecule has 110 valence electrons. The number of ether oxygens (including phenoxy) is 1. The predicted octanol–water partition coefficient (Wildman–Crippen LogP) is 3.08. The van der Waals surface area contributed by atoms with Crippen LogP contribution in [0.15, 0.2) is 36.4 Å². The second-order valence-electron chi connectivity index (χ2n) is 4.85. The van der Waals surface area contributed by atoms with Crippen LogP contribution in [0.4, 0.5) is 11.4 Å². The van der Waals surface area contributed by atoms with E-state index in [0.717, 1.165) is 16.9 Å².